The van der Waals surface area contributed by atoms with E-state index in [1.165, 1.54) is 0 Å². The zero-order chi connectivity index (χ0) is 11.4. The zero-order valence-corrected chi connectivity index (χ0v) is 9.97. The van der Waals surface area contributed by atoms with Gasteiger partial charge in [0.15, 0.2) is 0 Å². The number of hydrogen-bond acceptors (Lipinski definition) is 5. The summed E-state index contributed by atoms with van der Waals surface area (Å²) >= 11 is 6.58. The first-order chi connectivity index (χ1) is 7.04. The lowest BCUT2D eigenvalue weighted by molar-refractivity contribution is 0.0915. The Hall–Kier alpha value is -0.720. The monoisotopic (exact) mass is 249 g/mol. The number of rotatable bonds is 4. The summed E-state index contributed by atoms with van der Waals surface area (Å²) in [6.07, 6.45) is 0. The minimum atomic E-state index is -0.313. The molecule has 0 aliphatic carbocycles. The molecule has 2 N–H and O–H groups in total. The van der Waals surface area contributed by atoms with E-state index in [1.54, 1.807) is 0 Å². The number of nitrogens with one attached hydrogen (secondary N) is 1. The van der Waals surface area contributed by atoms with Crippen molar-refractivity contribution >= 4 is 28.8 Å². The number of nitrogens with zero attached hydrogens (tertiary/aromatic N) is 2. The van der Waals surface area contributed by atoms with Gasteiger partial charge in [-0.1, -0.05) is 18.3 Å². The van der Waals surface area contributed by atoms with E-state index in [0.29, 0.717) is 0 Å². The topological polar surface area (TPSA) is 75.1 Å². The molecule has 0 radical (unpaired) electrons. The number of aromatic nitrogens is 2. The number of halogens is 1. The predicted octanol–water partition coefficient (Wildman–Crippen LogP) is 0.938. The Labute approximate surface area is 96.5 Å². The number of carbonyl (C=O) groups is 1. The molecule has 1 rings (SSSR count). The maximum absolute atomic E-state index is 11.5. The van der Waals surface area contributed by atoms with Crippen molar-refractivity contribution < 1.29 is 9.90 Å². The zero-order valence-electron chi connectivity index (χ0n) is 8.40. The average molecular weight is 250 g/mol. The van der Waals surface area contributed by atoms with Crippen molar-refractivity contribution in [1.29, 1.82) is 0 Å². The van der Waals surface area contributed by atoms with E-state index in [2.05, 4.69) is 15.5 Å². The summed E-state index contributed by atoms with van der Waals surface area (Å²) in [6, 6.07) is -0.120. The molecule has 0 bridgehead atoms. The molecule has 0 aliphatic heterocycles. The standard InChI is InChI=1S/C8H12ClN3O2S/c1-4(3-13)5(2)10-6(14)7-11-12-8(9)15-7/h4-5,13H,3H2,1-2H3,(H,10,14). The van der Waals surface area contributed by atoms with Crippen LogP contribution in [0.3, 0.4) is 0 Å². The van der Waals surface area contributed by atoms with Gasteiger partial charge >= 0.3 is 0 Å². The second kappa shape index (κ2) is 5.39. The van der Waals surface area contributed by atoms with Crippen molar-refractivity contribution in [3.05, 3.63) is 9.47 Å². The fourth-order valence-corrected chi connectivity index (χ4v) is 1.60. The van der Waals surface area contributed by atoms with Gasteiger partial charge in [0.05, 0.1) is 0 Å². The van der Waals surface area contributed by atoms with Crippen LogP contribution in [0.15, 0.2) is 0 Å². The molecule has 1 amide bonds. The normalized spacial score (nSPS) is 14.7. The third-order valence-corrected chi connectivity index (χ3v) is 3.11. The van der Waals surface area contributed by atoms with Crippen LogP contribution >= 0.6 is 22.9 Å². The van der Waals surface area contributed by atoms with Crippen molar-refractivity contribution in [1.82, 2.24) is 15.5 Å². The van der Waals surface area contributed by atoms with Crippen LogP contribution in [0, 0.1) is 5.92 Å². The highest BCUT2D eigenvalue weighted by atomic mass is 35.5. The first-order valence-electron chi connectivity index (χ1n) is 4.45. The lowest BCUT2D eigenvalue weighted by atomic mass is 10.1. The van der Waals surface area contributed by atoms with Gasteiger partial charge in [-0.2, -0.15) is 0 Å². The minimum Gasteiger partial charge on any atom is -0.396 e. The number of aliphatic hydroxyl groups is 1. The second-order valence-electron chi connectivity index (χ2n) is 3.28. The second-order valence-corrected chi connectivity index (χ2v) is 4.84. The van der Waals surface area contributed by atoms with Crippen LogP contribution < -0.4 is 5.32 Å². The molecule has 7 heteroatoms. The summed E-state index contributed by atoms with van der Waals surface area (Å²) in [5.74, 6) is -0.315. The number of aliphatic hydroxyl groups excluding tert-OH is 1. The van der Waals surface area contributed by atoms with Crippen LogP contribution in [0.4, 0.5) is 0 Å². The van der Waals surface area contributed by atoms with Crippen LogP contribution in [0.1, 0.15) is 23.6 Å². The summed E-state index contributed by atoms with van der Waals surface area (Å²) in [6.45, 7) is 3.69. The van der Waals surface area contributed by atoms with Gasteiger partial charge in [0, 0.05) is 12.6 Å². The highest BCUT2D eigenvalue weighted by Crippen LogP contribution is 2.15. The molecular formula is C8H12ClN3O2S. The van der Waals surface area contributed by atoms with Crippen molar-refractivity contribution in [2.24, 2.45) is 5.92 Å². The van der Waals surface area contributed by atoms with E-state index in [0.717, 1.165) is 11.3 Å². The van der Waals surface area contributed by atoms with Crippen LogP contribution in [-0.4, -0.2) is 33.9 Å². The van der Waals surface area contributed by atoms with Crippen LogP contribution in [0.2, 0.25) is 4.47 Å². The Kier molecular flexibility index (Phi) is 4.44. The van der Waals surface area contributed by atoms with E-state index in [1.807, 2.05) is 13.8 Å². The fraction of sp³-hybridized carbons (Fsp3) is 0.625. The Morgan fingerprint density at radius 3 is 2.73 bits per heavy atom. The first kappa shape index (κ1) is 12.4. The molecule has 1 aromatic rings. The molecule has 0 spiro atoms. The summed E-state index contributed by atoms with van der Waals surface area (Å²) in [4.78, 5) is 11.5. The lowest BCUT2D eigenvalue weighted by Gasteiger charge is -2.18. The van der Waals surface area contributed by atoms with Crippen molar-refractivity contribution in [2.75, 3.05) is 6.61 Å². The predicted molar refractivity (Wildman–Crippen MR) is 58.1 cm³/mol. The van der Waals surface area contributed by atoms with E-state index in [4.69, 9.17) is 16.7 Å². The molecule has 84 valence electrons. The highest BCUT2D eigenvalue weighted by molar-refractivity contribution is 7.17. The van der Waals surface area contributed by atoms with Gasteiger partial charge < -0.3 is 10.4 Å². The molecule has 0 aromatic carbocycles. The van der Waals surface area contributed by atoms with Gasteiger partial charge in [-0.3, -0.25) is 4.79 Å². The van der Waals surface area contributed by atoms with Crippen LogP contribution in [0.25, 0.3) is 0 Å². The van der Waals surface area contributed by atoms with Crippen LogP contribution in [0.5, 0.6) is 0 Å². The Morgan fingerprint density at radius 2 is 2.27 bits per heavy atom. The third kappa shape index (κ3) is 3.40. The minimum absolute atomic E-state index is 0.00246. The maximum atomic E-state index is 11.5. The molecule has 2 unspecified atom stereocenters. The Balaban J connectivity index is 2.56. The van der Waals surface area contributed by atoms with E-state index in [-0.39, 0.29) is 33.9 Å². The van der Waals surface area contributed by atoms with Gasteiger partial charge in [-0.05, 0) is 24.4 Å². The van der Waals surface area contributed by atoms with Crippen LogP contribution in [-0.2, 0) is 0 Å². The molecule has 2 atom stereocenters. The molecule has 1 aromatic heterocycles. The quantitative estimate of drug-likeness (QED) is 0.833. The van der Waals surface area contributed by atoms with Crippen molar-refractivity contribution in [2.45, 2.75) is 19.9 Å². The largest absolute Gasteiger partial charge is 0.396 e. The third-order valence-electron chi connectivity index (χ3n) is 2.09. The highest BCUT2D eigenvalue weighted by Gasteiger charge is 2.17. The fourth-order valence-electron chi connectivity index (χ4n) is 0.866. The lowest BCUT2D eigenvalue weighted by Crippen LogP contribution is -2.38. The Morgan fingerprint density at radius 1 is 1.60 bits per heavy atom. The van der Waals surface area contributed by atoms with E-state index >= 15 is 0 Å². The number of amides is 1. The van der Waals surface area contributed by atoms with Gasteiger partial charge in [0.2, 0.25) is 9.47 Å². The number of carbonyl (C=O) groups excluding carboxylic acids is 1. The van der Waals surface area contributed by atoms with Gasteiger partial charge in [-0.15, -0.1) is 10.2 Å². The molecule has 0 saturated heterocycles. The molecule has 15 heavy (non-hydrogen) atoms. The van der Waals surface area contributed by atoms with E-state index < -0.39 is 0 Å². The summed E-state index contributed by atoms with van der Waals surface area (Å²) in [5.41, 5.74) is 0. The van der Waals surface area contributed by atoms with E-state index in [9.17, 15) is 4.79 Å². The average Bonchev–Trinajstić information content (AvgIpc) is 2.63. The molecule has 0 aliphatic rings. The first-order valence-corrected chi connectivity index (χ1v) is 5.64. The number of hydrogen-bond donors (Lipinski definition) is 2. The molecule has 0 saturated carbocycles. The smallest absolute Gasteiger partial charge is 0.282 e. The van der Waals surface area contributed by atoms with Crippen molar-refractivity contribution in [3.8, 4) is 0 Å². The van der Waals surface area contributed by atoms with Gasteiger partial charge in [0.25, 0.3) is 5.91 Å². The molecular weight excluding hydrogens is 238 g/mol. The Bertz CT molecular complexity index is 344. The van der Waals surface area contributed by atoms with Crippen molar-refractivity contribution in [3.63, 3.8) is 0 Å². The molecule has 0 fully saturated rings. The summed E-state index contributed by atoms with van der Waals surface area (Å²) in [5, 5.41) is 19.0. The maximum Gasteiger partial charge on any atom is 0.282 e. The molecule has 1 heterocycles. The van der Waals surface area contributed by atoms with Gasteiger partial charge in [-0.25, -0.2) is 0 Å². The van der Waals surface area contributed by atoms with Gasteiger partial charge in [0.1, 0.15) is 0 Å². The summed E-state index contributed by atoms with van der Waals surface area (Å²) < 4.78 is 0.239. The molecule has 5 nitrogen and oxygen atoms in total. The summed E-state index contributed by atoms with van der Waals surface area (Å²) in [7, 11) is 0. The SMILES string of the molecule is CC(CO)C(C)NC(=O)c1nnc(Cl)s1.